The average Bonchev–Trinajstić information content (AvgIpc) is 2.36. The predicted molar refractivity (Wildman–Crippen MR) is 87.0 cm³/mol. The summed E-state index contributed by atoms with van der Waals surface area (Å²) in [6.45, 7) is 4.13. The van der Waals surface area contributed by atoms with Gasteiger partial charge < -0.3 is 11.1 Å². The molecule has 0 aliphatic rings. The molecule has 0 radical (unpaired) electrons. The summed E-state index contributed by atoms with van der Waals surface area (Å²) in [5, 5.41) is 3.31. The van der Waals surface area contributed by atoms with Gasteiger partial charge in [-0.25, -0.2) is 0 Å². The molecule has 0 atom stereocenters. The maximum atomic E-state index is 5.52. The van der Waals surface area contributed by atoms with E-state index in [1.165, 1.54) is 11.1 Å². The maximum absolute atomic E-state index is 5.52. The number of rotatable bonds is 3. The molecule has 0 saturated carbocycles. The lowest BCUT2D eigenvalue weighted by Crippen LogP contribution is -2.11. The first-order valence-electron chi connectivity index (χ1n) is 5.77. The van der Waals surface area contributed by atoms with Gasteiger partial charge in [-0.3, -0.25) is 4.98 Å². The van der Waals surface area contributed by atoms with Gasteiger partial charge in [0.25, 0.3) is 0 Å². The van der Waals surface area contributed by atoms with Crippen LogP contribution in [0.3, 0.4) is 0 Å². The summed E-state index contributed by atoms with van der Waals surface area (Å²) in [4.78, 5) is 4.51. The minimum Gasteiger partial charge on any atom is -0.388 e. The van der Waals surface area contributed by atoms with E-state index in [1.54, 1.807) is 6.20 Å². The lowest BCUT2D eigenvalue weighted by Gasteiger charge is -2.10. The molecule has 1 aromatic carbocycles. The van der Waals surface area contributed by atoms with Crippen LogP contribution >= 0.6 is 28.1 Å². The minimum atomic E-state index is 0.307. The highest BCUT2D eigenvalue weighted by Gasteiger charge is 2.03. The third kappa shape index (κ3) is 3.30. The van der Waals surface area contributed by atoms with Crippen molar-refractivity contribution < 1.29 is 0 Å². The van der Waals surface area contributed by atoms with Gasteiger partial charge in [-0.05, 0) is 49.2 Å². The van der Waals surface area contributed by atoms with Gasteiger partial charge in [0, 0.05) is 10.2 Å². The molecule has 3 nitrogen and oxygen atoms in total. The zero-order valence-corrected chi connectivity index (χ0v) is 13.1. The van der Waals surface area contributed by atoms with Crippen LogP contribution in [0.5, 0.6) is 0 Å². The highest BCUT2D eigenvalue weighted by molar-refractivity contribution is 9.10. The van der Waals surface area contributed by atoms with Crippen LogP contribution in [0.25, 0.3) is 0 Å². The Bertz CT molecular complexity index is 600. The Balaban J connectivity index is 2.24. The normalized spacial score (nSPS) is 10.3. The highest BCUT2D eigenvalue weighted by Crippen LogP contribution is 2.26. The number of nitrogens with one attached hydrogen (secondary N) is 1. The molecule has 3 N–H and O–H groups in total. The summed E-state index contributed by atoms with van der Waals surface area (Å²) in [6.07, 6.45) is 1.72. The van der Waals surface area contributed by atoms with Crippen molar-refractivity contribution in [2.45, 2.75) is 13.8 Å². The average molecular weight is 336 g/mol. The van der Waals surface area contributed by atoms with E-state index < -0.39 is 0 Å². The maximum Gasteiger partial charge on any atom is 0.122 e. The van der Waals surface area contributed by atoms with Crippen LogP contribution in [0.15, 0.2) is 34.9 Å². The summed E-state index contributed by atoms with van der Waals surface area (Å²) in [7, 11) is 0. The molecular weight excluding hydrogens is 322 g/mol. The molecule has 0 spiro atoms. The Morgan fingerprint density at radius 2 is 1.84 bits per heavy atom. The van der Waals surface area contributed by atoms with E-state index in [9.17, 15) is 0 Å². The SMILES string of the molecule is Cc1cc(Nc2ccc(C(N)=S)nc2)cc(C)c1Br. The van der Waals surface area contributed by atoms with Crippen molar-refractivity contribution >= 4 is 44.5 Å². The van der Waals surface area contributed by atoms with E-state index in [0.29, 0.717) is 10.7 Å². The number of hydrogen-bond donors (Lipinski definition) is 2. The van der Waals surface area contributed by atoms with E-state index in [2.05, 4.69) is 52.2 Å². The third-order valence-electron chi connectivity index (χ3n) is 2.74. The fourth-order valence-electron chi connectivity index (χ4n) is 1.80. The van der Waals surface area contributed by atoms with Gasteiger partial charge in [-0.2, -0.15) is 0 Å². The summed E-state index contributed by atoms with van der Waals surface area (Å²) in [5.74, 6) is 0. The van der Waals surface area contributed by atoms with Crippen LogP contribution in [-0.4, -0.2) is 9.97 Å². The zero-order chi connectivity index (χ0) is 14.0. The van der Waals surface area contributed by atoms with Gasteiger partial charge in [0.15, 0.2) is 0 Å². The van der Waals surface area contributed by atoms with Crippen LogP contribution < -0.4 is 11.1 Å². The van der Waals surface area contributed by atoms with Crippen LogP contribution in [-0.2, 0) is 0 Å². The molecular formula is C14H14BrN3S. The standard InChI is InChI=1S/C14H14BrN3S/c1-8-5-11(6-9(2)13(8)15)18-10-3-4-12(14(16)19)17-7-10/h3-7,18H,1-2H3,(H2,16,19). The molecule has 0 fully saturated rings. The third-order valence-corrected chi connectivity index (χ3v) is 4.20. The second-order valence-electron chi connectivity index (χ2n) is 4.35. The number of pyridine rings is 1. The molecule has 5 heteroatoms. The van der Waals surface area contributed by atoms with Crippen molar-refractivity contribution in [3.05, 3.63) is 51.8 Å². The van der Waals surface area contributed by atoms with Crippen LogP contribution in [0.2, 0.25) is 0 Å². The van der Waals surface area contributed by atoms with Crippen molar-refractivity contribution in [3.8, 4) is 0 Å². The largest absolute Gasteiger partial charge is 0.388 e. The molecule has 1 aromatic heterocycles. The number of benzene rings is 1. The van der Waals surface area contributed by atoms with Crippen molar-refractivity contribution in [1.82, 2.24) is 4.98 Å². The van der Waals surface area contributed by atoms with Gasteiger partial charge in [0.1, 0.15) is 4.99 Å². The van der Waals surface area contributed by atoms with Gasteiger partial charge in [-0.15, -0.1) is 0 Å². The van der Waals surface area contributed by atoms with Crippen molar-refractivity contribution in [2.75, 3.05) is 5.32 Å². The van der Waals surface area contributed by atoms with E-state index >= 15 is 0 Å². The number of aromatic nitrogens is 1. The smallest absolute Gasteiger partial charge is 0.122 e. The Morgan fingerprint density at radius 3 is 2.32 bits per heavy atom. The molecule has 0 aliphatic heterocycles. The van der Waals surface area contributed by atoms with Crippen molar-refractivity contribution in [3.63, 3.8) is 0 Å². The number of aryl methyl sites for hydroxylation is 2. The van der Waals surface area contributed by atoms with Gasteiger partial charge in [0.05, 0.1) is 17.6 Å². The molecule has 98 valence electrons. The number of thiocarbonyl (C=S) groups is 1. The lowest BCUT2D eigenvalue weighted by molar-refractivity contribution is 1.28. The molecule has 19 heavy (non-hydrogen) atoms. The predicted octanol–water partition coefficient (Wildman–Crippen LogP) is 3.84. The number of nitrogens with zero attached hydrogens (tertiary/aromatic N) is 1. The molecule has 0 saturated heterocycles. The fraction of sp³-hybridized carbons (Fsp3) is 0.143. The summed E-state index contributed by atoms with van der Waals surface area (Å²) in [6, 6.07) is 7.88. The monoisotopic (exact) mass is 335 g/mol. The topological polar surface area (TPSA) is 50.9 Å². The second kappa shape index (κ2) is 5.67. The zero-order valence-electron chi connectivity index (χ0n) is 10.7. The quantitative estimate of drug-likeness (QED) is 0.836. The molecule has 2 rings (SSSR count). The molecule has 0 aliphatic carbocycles. The Hall–Kier alpha value is -1.46. The van der Waals surface area contributed by atoms with Crippen molar-refractivity contribution in [2.24, 2.45) is 5.73 Å². The summed E-state index contributed by atoms with van der Waals surface area (Å²) < 4.78 is 1.14. The molecule has 2 aromatic rings. The molecule has 1 heterocycles. The van der Waals surface area contributed by atoms with E-state index in [4.69, 9.17) is 18.0 Å². The molecule has 0 amide bonds. The minimum absolute atomic E-state index is 0.307. The Kier molecular flexibility index (Phi) is 4.17. The first-order chi connectivity index (χ1) is 8.97. The lowest BCUT2D eigenvalue weighted by atomic mass is 10.1. The fourth-order valence-corrected chi connectivity index (χ4v) is 2.15. The number of halogens is 1. The van der Waals surface area contributed by atoms with E-state index in [-0.39, 0.29) is 0 Å². The van der Waals surface area contributed by atoms with E-state index in [0.717, 1.165) is 15.8 Å². The number of anilines is 2. The number of nitrogens with two attached hydrogens (primary N) is 1. The molecule has 0 unspecified atom stereocenters. The first-order valence-corrected chi connectivity index (χ1v) is 6.97. The first kappa shape index (κ1) is 14.0. The Morgan fingerprint density at radius 1 is 1.21 bits per heavy atom. The van der Waals surface area contributed by atoms with E-state index in [1.807, 2.05) is 12.1 Å². The summed E-state index contributed by atoms with van der Waals surface area (Å²) >= 11 is 8.43. The van der Waals surface area contributed by atoms with Crippen LogP contribution in [0.1, 0.15) is 16.8 Å². The van der Waals surface area contributed by atoms with Gasteiger partial charge in [-0.1, -0.05) is 28.1 Å². The number of hydrogen-bond acceptors (Lipinski definition) is 3. The van der Waals surface area contributed by atoms with Crippen molar-refractivity contribution in [1.29, 1.82) is 0 Å². The Labute approximate surface area is 126 Å². The highest BCUT2D eigenvalue weighted by atomic mass is 79.9. The molecule has 0 bridgehead atoms. The summed E-state index contributed by atoms with van der Waals surface area (Å²) in [5.41, 5.74) is 10.5. The van der Waals surface area contributed by atoms with Crippen LogP contribution in [0.4, 0.5) is 11.4 Å². The second-order valence-corrected chi connectivity index (χ2v) is 5.58. The van der Waals surface area contributed by atoms with Gasteiger partial charge >= 0.3 is 0 Å². The van der Waals surface area contributed by atoms with Gasteiger partial charge in [0.2, 0.25) is 0 Å². The van der Waals surface area contributed by atoms with Crippen LogP contribution in [0, 0.1) is 13.8 Å².